The van der Waals surface area contributed by atoms with Crippen LogP contribution in [0.4, 0.5) is 0 Å². The van der Waals surface area contributed by atoms with Gasteiger partial charge in [0.1, 0.15) is 0 Å². The normalized spacial score (nSPS) is 12.1. The van der Waals surface area contributed by atoms with Gasteiger partial charge in [0.2, 0.25) is 5.91 Å². The van der Waals surface area contributed by atoms with Crippen molar-refractivity contribution >= 4 is 40.2 Å². The SMILES string of the molecule is CCN(Cc1ccccc1)C(=O)C(C)Sc1nc2cc(Cl)ccc2c(=O)n1CCCOC. The van der Waals surface area contributed by atoms with Gasteiger partial charge in [0.05, 0.1) is 16.2 Å². The molecule has 8 heteroatoms. The molecule has 32 heavy (non-hydrogen) atoms. The Morgan fingerprint density at radius 2 is 2.00 bits per heavy atom. The molecular formula is C24H28ClN3O3S. The zero-order valence-electron chi connectivity index (χ0n) is 18.6. The molecule has 0 bridgehead atoms. The molecule has 0 spiro atoms. The van der Waals surface area contributed by atoms with Crippen LogP contribution in [0.2, 0.25) is 5.02 Å². The van der Waals surface area contributed by atoms with E-state index in [-0.39, 0.29) is 11.5 Å². The Labute approximate surface area is 197 Å². The number of amides is 1. The van der Waals surface area contributed by atoms with Gasteiger partial charge in [-0.05, 0) is 44.0 Å². The molecule has 170 valence electrons. The molecule has 1 unspecified atom stereocenters. The van der Waals surface area contributed by atoms with E-state index in [1.807, 2.05) is 49.1 Å². The number of nitrogens with zero attached hydrogens (tertiary/aromatic N) is 3. The summed E-state index contributed by atoms with van der Waals surface area (Å²) in [5, 5.41) is 1.13. The van der Waals surface area contributed by atoms with Crippen molar-refractivity contribution < 1.29 is 9.53 Å². The summed E-state index contributed by atoms with van der Waals surface area (Å²) in [4.78, 5) is 32.9. The van der Waals surface area contributed by atoms with E-state index in [9.17, 15) is 9.59 Å². The Morgan fingerprint density at radius 3 is 2.69 bits per heavy atom. The van der Waals surface area contributed by atoms with E-state index in [1.165, 1.54) is 11.8 Å². The lowest BCUT2D eigenvalue weighted by Gasteiger charge is -2.25. The highest BCUT2D eigenvalue weighted by Crippen LogP contribution is 2.25. The van der Waals surface area contributed by atoms with Gasteiger partial charge in [0.15, 0.2) is 5.16 Å². The quantitative estimate of drug-likeness (QED) is 0.244. The fourth-order valence-electron chi connectivity index (χ4n) is 3.44. The number of benzene rings is 2. The van der Waals surface area contributed by atoms with Crippen LogP contribution in [0.15, 0.2) is 58.5 Å². The van der Waals surface area contributed by atoms with Crippen molar-refractivity contribution in [2.45, 2.75) is 43.8 Å². The molecule has 6 nitrogen and oxygen atoms in total. The van der Waals surface area contributed by atoms with Crippen LogP contribution in [0, 0.1) is 0 Å². The highest BCUT2D eigenvalue weighted by molar-refractivity contribution is 8.00. The molecule has 0 aliphatic carbocycles. The van der Waals surface area contributed by atoms with Crippen molar-refractivity contribution in [1.29, 1.82) is 0 Å². The molecule has 0 aliphatic rings. The highest BCUT2D eigenvalue weighted by Gasteiger charge is 2.23. The molecular weight excluding hydrogens is 446 g/mol. The molecule has 0 radical (unpaired) electrons. The lowest BCUT2D eigenvalue weighted by atomic mass is 10.2. The minimum atomic E-state index is -0.407. The molecule has 0 saturated heterocycles. The smallest absolute Gasteiger partial charge is 0.262 e. The molecule has 1 amide bonds. The highest BCUT2D eigenvalue weighted by atomic mass is 35.5. The first kappa shape index (κ1) is 24.3. The van der Waals surface area contributed by atoms with Crippen LogP contribution in [0.1, 0.15) is 25.8 Å². The van der Waals surface area contributed by atoms with Crippen molar-refractivity contribution in [3.05, 3.63) is 69.5 Å². The van der Waals surface area contributed by atoms with Crippen LogP contribution in [0.25, 0.3) is 10.9 Å². The number of fused-ring (bicyclic) bond motifs is 1. The summed E-state index contributed by atoms with van der Waals surface area (Å²) in [5.74, 6) is 0.00485. The summed E-state index contributed by atoms with van der Waals surface area (Å²) >= 11 is 7.43. The number of hydrogen-bond acceptors (Lipinski definition) is 5. The van der Waals surface area contributed by atoms with Gasteiger partial charge in [0, 0.05) is 38.4 Å². The Morgan fingerprint density at radius 1 is 1.25 bits per heavy atom. The topological polar surface area (TPSA) is 64.4 Å². The van der Waals surface area contributed by atoms with Crippen LogP contribution in [0.3, 0.4) is 0 Å². The van der Waals surface area contributed by atoms with E-state index in [1.54, 1.807) is 29.9 Å². The molecule has 3 aromatic rings. The van der Waals surface area contributed by atoms with Crippen molar-refractivity contribution in [1.82, 2.24) is 14.5 Å². The number of carbonyl (C=O) groups excluding carboxylic acids is 1. The van der Waals surface area contributed by atoms with E-state index < -0.39 is 5.25 Å². The number of aromatic nitrogens is 2. The van der Waals surface area contributed by atoms with Gasteiger partial charge in [-0.15, -0.1) is 0 Å². The fraction of sp³-hybridized carbons (Fsp3) is 0.375. The van der Waals surface area contributed by atoms with Gasteiger partial charge in [-0.1, -0.05) is 53.7 Å². The maximum absolute atomic E-state index is 13.2. The largest absolute Gasteiger partial charge is 0.385 e. The van der Waals surface area contributed by atoms with E-state index in [0.717, 1.165) is 5.56 Å². The third-order valence-electron chi connectivity index (χ3n) is 5.15. The van der Waals surface area contributed by atoms with E-state index in [0.29, 0.717) is 53.7 Å². The Bertz CT molecular complexity index is 1120. The number of carbonyl (C=O) groups is 1. The lowest BCUT2D eigenvalue weighted by Crippen LogP contribution is -2.36. The number of thioether (sulfide) groups is 1. The molecule has 1 atom stereocenters. The molecule has 0 saturated carbocycles. The Kier molecular flexibility index (Phi) is 8.73. The lowest BCUT2D eigenvalue weighted by molar-refractivity contribution is -0.130. The number of hydrogen-bond donors (Lipinski definition) is 0. The van der Waals surface area contributed by atoms with Gasteiger partial charge >= 0.3 is 0 Å². The summed E-state index contributed by atoms with van der Waals surface area (Å²) < 4.78 is 6.78. The zero-order chi connectivity index (χ0) is 23.1. The first-order chi connectivity index (χ1) is 15.4. The molecule has 0 aliphatic heterocycles. The number of ether oxygens (including phenoxy) is 1. The van der Waals surface area contributed by atoms with Crippen LogP contribution in [0.5, 0.6) is 0 Å². The van der Waals surface area contributed by atoms with Crippen LogP contribution in [-0.2, 0) is 22.6 Å². The maximum Gasteiger partial charge on any atom is 0.262 e. The second-order valence-corrected chi connectivity index (χ2v) is 9.20. The van der Waals surface area contributed by atoms with Crippen LogP contribution < -0.4 is 5.56 Å². The molecule has 0 N–H and O–H groups in total. The number of methoxy groups -OCH3 is 1. The fourth-order valence-corrected chi connectivity index (χ4v) is 4.63. The number of rotatable bonds is 10. The third-order valence-corrected chi connectivity index (χ3v) is 6.46. The predicted molar refractivity (Wildman–Crippen MR) is 130 cm³/mol. The van der Waals surface area contributed by atoms with E-state index in [4.69, 9.17) is 21.3 Å². The minimum Gasteiger partial charge on any atom is -0.385 e. The van der Waals surface area contributed by atoms with Crippen LogP contribution in [-0.4, -0.2) is 45.9 Å². The van der Waals surface area contributed by atoms with E-state index >= 15 is 0 Å². The molecule has 1 aromatic heterocycles. The van der Waals surface area contributed by atoms with E-state index in [2.05, 4.69) is 0 Å². The van der Waals surface area contributed by atoms with Gasteiger partial charge in [0.25, 0.3) is 5.56 Å². The predicted octanol–water partition coefficient (Wildman–Crippen LogP) is 4.62. The molecule has 1 heterocycles. The number of halogens is 1. The second kappa shape index (κ2) is 11.5. The zero-order valence-corrected chi connectivity index (χ0v) is 20.2. The second-order valence-electron chi connectivity index (χ2n) is 7.46. The summed E-state index contributed by atoms with van der Waals surface area (Å²) in [6, 6.07) is 15.0. The van der Waals surface area contributed by atoms with Gasteiger partial charge < -0.3 is 9.64 Å². The Balaban J connectivity index is 1.88. The average molecular weight is 474 g/mol. The third kappa shape index (κ3) is 5.91. The summed E-state index contributed by atoms with van der Waals surface area (Å²) in [6.07, 6.45) is 0.669. The molecule has 3 rings (SSSR count). The minimum absolute atomic E-state index is 0.00485. The van der Waals surface area contributed by atoms with Crippen molar-refractivity contribution in [2.75, 3.05) is 20.3 Å². The van der Waals surface area contributed by atoms with Gasteiger partial charge in [-0.2, -0.15) is 0 Å². The van der Waals surface area contributed by atoms with Gasteiger partial charge in [-0.3, -0.25) is 14.2 Å². The molecule has 2 aromatic carbocycles. The maximum atomic E-state index is 13.2. The summed E-state index contributed by atoms with van der Waals surface area (Å²) in [7, 11) is 1.63. The summed E-state index contributed by atoms with van der Waals surface area (Å²) in [6.45, 7) is 5.96. The summed E-state index contributed by atoms with van der Waals surface area (Å²) in [5.41, 5.74) is 1.47. The standard InChI is InChI=1S/C24H28ClN3O3S/c1-4-27(16-18-9-6-5-7-10-18)22(29)17(2)32-24-26-21-15-19(25)11-12-20(21)23(30)28(24)13-8-14-31-3/h5-7,9-12,15,17H,4,8,13-14,16H2,1-3H3. The van der Waals surface area contributed by atoms with Gasteiger partial charge in [-0.25, -0.2) is 4.98 Å². The van der Waals surface area contributed by atoms with Crippen molar-refractivity contribution in [2.24, 2.45) is 0 Å². The monoisotopic (exact) mass is 473 g/mol. The first-order valence-corrected chi connectivity index (χ1v) is 11.9. The first-order valence-electron chi connectivity index (χ1n) is 10.6. The van der Waals surface area contributed by atoms with Crippen LogP contribution >= 0.6 is 23.4 Å². The average Bonchev–Trinajstić information content (AvgIpc) is 2.79. The van der Waals surface area contributed by atoms with Crippen molar-refractivity contribution in [3.63, 3.8) is 0 Å². The molecule has 0 fully saturated rings. The van der Waals surface area contributed by atoms with Crippen molar-refractivity contribution in [3.8, 4) is 0 Å². The Hall–Kier alpha value is -2.35.